The molecule has 5 nitrogen and oxygen atoms in total. The van der Waals surface area contributed by atoms with Crippen LogP contribution in [-0.2, 0) is 11.2 Å². The number of methoxy groups -OCH3 is 1. The van der Waals surface area contributed by atoms with E-state index in [9.17, 15) is 4.79 Å². The SMILES string of the molecule is COC(=O)Oc1cccc2[nH]cc(CCN(C)C)c12. The Morgan fingerprint density at radius 3 is 2.84 bits per heavy atom. The van der Waals surface area contributed by atoms with E-state index in [1.54, 1.807) is 6.07 Å². The molecule has 2 aromatic rings. The van der Waals surface area contributed by atoms with Crippen LogP contribution in [0.25, 0.3) is 10.9 Å². The lowest BCUT2D eigenvalue weighted by atomic mass is 10.1. The fourth-order valence-electron chi connectivity index (χ4n) is 1.98. The number of aromatic nitrogens is 1. The van der Waals surface area contributed by atoms with Gasteiger partial charge in [-0.3, -0.25) is 0 Å². The minimum Gasteiger partial charge on any atom is -0.437 e. The van der Waals surface area contributed by atoms with E-state index in [0.717, 1.165) is 29.4 Å². The summed E-state index contributed by atoms with van der Waals surface area (Å²) in [6.45, 7) is 0.930. The second kappa shape index (κ2) is 5.75. The van der Waals surface area contributed by atoms with Crippen molar-refractivity contribution in [1.82, 2.24) is 9.88 Å². The average molecular weight is 262 g/mol. The first kappa shape index (κ1) is 13.4. The number of rotatable bonds is 4. The molecule has 0 amide bonds. The largest absolute Gasteiger partial charge is 0.513 e. The minimum absolute atomic E-state index is 0.527. The number of H-pyrrole nitrogens is 1. The fourth-order valence-corrected chi connectivity index (χ4v) is 1.98. The van der Waals surface area contributed by atoms with Gasteiger partial charge in [-0.05, 0) is 38.2 Å². The smallest absolute Gasteiger partial charge is 0.437 e. The molecule has 0 aliphatic carbocycles. The van der Waals surface area contributed by atoms with E-state index in [0.29, 0.717) is 5.75 Å². The molecule has 2 rings (SSSR count). The zero-order valence-electron chi connectivity index (χ0n) is 11.4. The number of nitrogens with zero attached hydrogens (tertiary/aromatic N) is 1. The molecule has 0 spiro atoms. The van der Waals surface area contributed by atoms with E-state index in [-0.39, 0.29) is 0 Å². The molecule has 1 N–H and O–H groups in total. The number of hydrogen-bond donors (Lipinski definition) is 1. The van der Waals surface area contributed by atoms with Crippen LogP contribution in [0.3, 0.4) is 0 Å². The highest BCUT2D eigenvalue weighted by molar-refractivity contribution is 5.90. The van der Waals surface area contributed by atoms with Gasteiger partial charge in [-0.15, -0.1) is 0 Å². The monoisotopic (exact) mass is 262 g/mol. The van der Waals surface area contributed by atoms with E-state index in [1.165, 1.54) is 7.11 Å². The highest BCUT2D eigenvalue weighted by atomic mass is 16.7. The van der Waals surface area contributed by atoms with E-state index < -0.39 is 6.16 Å². The summed E-state index contributed by atoms with van der Waals surface area (Å²) in [5.41, 5.74) is 2.08. The topological polar surface area (TPSA) is 54.6 Å². The van der Waals surface area contributed by atoms with Gasteiger partial charge in [0.1, 0.15) is 5.75 Å². The van der Waals surface area contributed by atoms with Gasteiger partial charge in [0.15, 0.2) is 0 Å². The van der Waals surface area contributed by atoms with Crippen LogP contribution in [0.1, 0.15) is 5.56 Å². The molecule has 0 unspecified atom stereocenters. The molecule has 0 bridgehead atoms. The lowest BCUT2D eigenvalue weighted by molar-refractivity contribution is 0.122. The maximum absolute atomic E-state index is 11.3. The summed E-state index contributed by atoms with van der Waals surface area (Å²) >= 11 is 0. The van der Waals surface area contributed by atoms with Crippen LogP contribution in [0.4, 0.5) is 4.79 Å². The van der Waals surface area contributed by atoms with E-state index in [4.69, 9.17) is 4.74 Å². The van der Waals surface area contributed by atoms with Crippen LogP contribution in [0.5, 0.6) is 5.75 Å². The Kier molecular flexibility index (Phi) is 4.06. The first-order chi connectivity index (χ1) is 9.11. The number of fused-ring (bicyclic) bond motifs is 1. The molecule has 0 atom stereocenters. The molecule has 1 aromatic heterocycles. The van der Waals surface area contributed by atoms with Gasteiger partial charge in [-0.1, -0.05) is 6.07 Å². The second-order valence-corrected chi connectivity index (χ2v) is 4.60. The average Bonchev–Trinajstić information content (AvgIpc) is 2.80. The van der Waals surface area contributed by atoms with E-state index >= 15 is 0 Å². The van der Waals surface area contributed by atoms with Gasteiger partial charge in [0.25, 0.3) is 0 Å². The second-order valence-electron chi connectivity index (χ2n) is 4.60. The third kappa shape index (κ3) is 3.06. The number of nitrogens with one attached hydrogen (secondary N) is 1. The molecule has 0 saturated heterocycles. The molecule has 0 saturated carbocycles. The maximum Gasteiger partial charge on any atom is 0.513 e. The highest BCUT2D eigenvalue weighted by Crippen LogP contribution is 2.29. The highest BCUT2D eigenvalue weighted by Gasteiger charge is 2.12. The summed E-state index contributed by atoms with van der Waals surface area (Å²) in [6, 6.07) is 5.57. The normalized spacial score (nSPS) is 10.9. The van der Waals surface area contributed by atoms with Crippen LogP contribution in [0.15, 0.2) is 24.4 Å². The van der Waals surface area contributed by atoms with Gasteiger partial charge < -0.3 is 19.4 Å². The molecule has 1 aromatic carbocycles. The first-order valence-electron chi connectivity index (χ1n) is 6.11. The van der Waals surface area contributed by atoms with E-state index in [2.05, 4.69) is 14.6 Å². The van der Waals surface area contributed by atoms with E-state index in [1.807, 2.05) is 32.4 Å². The molecule has 0 aliphatic rings. The predicted molar refractivity (Wildman–Crippen MR) is 73.6 cm³/mol. The van der Waals surface area contributed by atoms with Crippen molar-refractivity contribution in [2.24, 2.45) is 0 Å². The molecule has 5 heteroatoms. The van der Waals surface area contributed by atoms with Crippen molar-refractivity contribution in [1.29, 1.82) is 0 Å². The number of benzene rings is 1. The summed E-state index contributed by atoms with van der Waals surface area (Å²) < 4.78 is 9.73. The fraction of sp³-hybridized carbons (Fsp3) is 0.357. The summed E-state index contributed by atoms with van der Waals surface area (Å²) in [6.07, 6.45) is 2.14. The molecule has 0 aliphatic heterocycles. The van der Waals surface area contributed by atoms with Crippen LogP contribution < -0.4 is 4.74 Å². The number of carbonyl (C=O) groups is 1. The van der Waals surface area contributed by atoms with Crippen molar-refractivity contribution in [3.05, 3.63) is 30.0 Å². The van der Waals surface area contributed by atoms with Crippen molar-refractivity contribution < 1.29 is 14.3 Å². The molecular formula is C14H18N2O3. The van der Waals surface area contributed by atoms with Gasteiger partial charge in [-0.25, -0.2) is 4.79 Å². The maximum atomic E-state index is 11.3. The Morgan fingerprint density at radius 1 is 1.37 bits per heavy atom. The van der Waals surface area contributed by atoms with Crippen LogP contribution in [0, 0.1) is 0 Å². The van der Waals surface area contributed by atoms with Crippen LogP contribution in [0.2, 0.25) is 0 Å². The molecule has 1 heterocycles. The van der Waals surface area contributed by atoms with Crippen molar-refractivity contribution in [3.63, 3.8) is 0 Å². The summed E-state index contributed by atoms with van der Waals surface area (Å²) in [4.78, 5) is 16.6. The molecule has 0 fully saturated rings. The number of carbonyl (C=O) groups excluding carboxylic acids is 1. The Morgan fingerprint density at radius 2 is 2.16 bits per heavy atom. The lowest BCUT2D eigenvalue weighted by Crippen LogP contribution is -2.15. The molecule has 19 heavy (non-hydrogen) atoms. The Hall–Kier alpha value is -2.01. The Balaban J connectivity index is 2.34. The van der Waals surface area contributed by atoms with Crippen molar-refractivity contribution in [2.45, 2.75) is 6.42 Å². The van der Waals surface area contributed by atoms with Crippen molar-refractivity contribution >= 4 is 17.1 Å². The van der Waals surface area contributed by atoms with Crippen molar-refractivity contribution in [3.8, 4) is 5.75 Å². The molecule has 0 radical (unpaired) electrons. The third-order valence-electron chi connectivity index (χ3n) is 2.94. The molecule has 102 valence electrons. The van der Waals surface area contributed by atoms with Gasteiger partial charge in [0.05, 0.1) is 7.11 Å². The number of hydrogen-bond acceptors (Lipinski definition) is 4. The van der Waals surface area contributed by atoms with Gasteiger partial charge in [0, 0.05) is 23.6 Å². The van der Waals surface area contributed by atoms with Gasteiger partial charge in [-0.2, -0.15) is 0 Å². The molecular weight excluding hydrogens is 244 g/mol. The Labute approximate surface area is 112 Å². The number of likely N-dealkylation sites (N-methyl/N-ethyl adjacent to an activating group) is 1. The summed E-state index contributed by atoms with van der Waals surface area (Å²) in [5.74, 6) is 0.527. The zero-order chi connectivity index (χ0) is 13.8. The van der Waals surface area contributed by atoms with Gasteiger partial charge in [0.2, 0.25) is 0 Å². The van der Waals surface area contributed by atoms with Crippen LogP contribution in [-0.4, -0.2) is 43.8 Å². The number of ether oxygens (including phenoxy) is 2. The quantitative estimate of drug-likeness (QED) is 0.679. The van der Waals surface area contributed by atoms with Crippen molar-refractivity contribution in [2.75, 3.05) is 27.7 Å². The summed E-state index contributed by atoms with van der Waals surface area (Å²) in [7, 11) is 5.36. The minimum atomic E-state index is -0.702. The zero-order valence-corrected chi connectivity index (χ0v) is 11.4. The van der Waals surface area contributed by atoms with Gasteiger partial charge >= 0.3 is 6.16 Å². The Bertz CT molecular complexity index is 575. The predicted octanol–water partition coefficient (Wildman–Crippen LogP) is 2.42. The summed E-state index contributed by atoms with van der Waals surface area (Å²) in [5, 5.41) is 0.940. The van der Waals surface area contributed by atoms with Crippen LogP contribution >= 0.6 is 0 Å². The standard InChI is InChI=1S/C14H18N2O3/c1-16(2)8-7-10-9-15-11-5-4-6-12(13(10)11)19-14(17)18-3/h4-6,9,15H,7-8H2,1-3H3. The number of aromatic amines is 1. The lowest BCUT2D eigenvalue weighted by Gasteiger charge is -2.09. The third-order valence-corrected chi connectivity index (χ3v) is 2.94. The first-order valence-corrected chi connectivity index (χ1v) is 6.11.